The molecule has 3 N–H and O–H groups in total. The van der Waals surface area contributed by atoms with E-state index in [2.05, 4.69) is 83.8 Å². The van der Waals surface area contributed by atoms with Crippen LogP contribution in [0.25, 0.3) is 33.3 Å². The Morgan fingerprint density at radius 1 is 0.692 bits per heavy atom. The monoisotopic (exact) mass is 340 g/mol. The van der Waals surface area contributed by atoms with Gasteiger partial charge < -0.3 is 10.7 Å². The smallest absolute Gasteiger partial charge is 0.0503 e. The molecule has 2 nitrogen and oxygen atoms in total. The van der Waals surface area contributed by atoms with Crippen LogP contribution in [-0.4, -0.2) is 11.5 Å². The van der Waals surface area contributed by atoms with Crippen LogP contribution in [0, 0.1) is 0 Å². The van der Waals surface area contributed by atoms with Crippen LogP contribution in [0.4, 0.5) is 0 Å². The number of hydrogen-bond donors (Lipinski definition) is 2. The lowest BCUT2D eigenvalue weighted by molar-refractivity contribution is 0.748. The van der Waals surface area contributed by atoms with Crippen molar-refractivity contribution in [1.29, 1.82) is 0 Å². The van der Waals surface area contributed by atoms with Gasteiger partial charge in [0.2, 0.25) is 0 Å². The topological polar surface area (TPSA) is 41.8 Å². The van der Waals surface area contributed by atoms with Gasteiger partial charge in [-0.15, -0.1) is 0 Å². The van der Waals surface area contributed by atoms with Crippen molar-refractivity contribution in [2.75, 3.05) is 6.54 Å². The molecule has 4 rings (SSSR count). The highest BCUT2D eigenvalue weighted by Gasteiger charge is 2.15. The van der Waals surface area contributed by atoms with Gasteiger partial charge in [-0.1, -0.05) is 72.8 Å². The van der Waals surface area contributed by atoms with Crippen LogP contribution >= 0.6 is 0 Å². The molecule has 0 saturated heterocycles. The maximum atomic E-state index is 5.72. The zero-order chi connectivity index (χ0) is 17.8. The molecule has 0 fully saturated rings. The number of aromatic nitrogens is 1. The lowest BCUT2D eigenvalue weighted by Crippen LogP contribution is -1.99. The first-order chi connectivity index (χ1) is 12.9. The fourth-order valence-corrected chi connectivity index (χ4v) is 3.71. The van der Waals surface area contributed by atoms with E-state index in [0.717, 1.165) is 25.8 Å². The Balaban J connectivity index is 1.88. The predicted octanol–water partition coefficient (Wildman–Crippen LogP) is 5.78. The van der Waals surface area contributed by atoms with Crippen LogP contribution in [-0.2, 0) is 6.42 Å². The highest BCUT2D eigenvalue weighted by atomic mass is 14.7. The lowest BCUT2D eigenvalue weighted by atomic mass is 9.94. The van der Waals surface area contributed by atoms with E-state index >= 15 is 0 Å². The standard InChI is InChI=1S/C24H24N2/c25-17-9-8-15-22-20-13-6-7-16-23(20)26-24(22)21-14-5-4-12-19(21)18-10-2-1-3-11-18/h1-7,10-14,16,26H,8-9,15,17,25H2. The minimum Gasteiger partial charge on any atom is -0.354 e. The van der Waals surface area contributed by atoms with E-state index in [9.17, 15) is 0 Å². The molecule has 0 unspecified atom stereocenters. The van der Waals surface area contributed by atoms with Crippen molar-refractivity contribution >= 4 is 10.9 Å². The van der Waals surface area contributed by atoms with E-state index in [0.29, 0.717) is 0 Å². The molecular formula is C24H24N2. The second-order valence-corrected chi connectivity index (χ2v) is 6.68. The van der Waals surface area contributed by atoms with Crippen molar-refractivity contribution in [2.24, 2.45) is 5.73 Å². The number of benzene rings is 3. The summed E-state index contributed by atoms with van der Waals surface area (Å²) in [5.74, 6) is 0. The molecule has 26 heavy (non-hydrogen) atoms. The van der Waals surface area contributed by atoms with Crippen LogP contribution in [0.3, 0.4) is 0 Å². The molecule has 3 aromatic carbocycles. The summed E-state index contributed by atoms with van der Waals surface area (Å²) in [7, 11) is 0. The second-order valence-electron chi connectivity index (χ2n) is 6.68. The molecule has 0 amide bonds. The zero-order valence-corrected chi connectivity index (χ0v) is 14.9. The van der Waals surface area contributed by atoms with Gasteiger partial charge in [-0.3, -0.25) is 0 Å². The molecule has 0 atom stereocenters. The first-order valence-electron chi connectivity index (χ1n) is 9.33. The molecule has 1 heterocycles. The molecule has 0 aliphatic heterocycles. The Morgan fingerprint density at radius 2 is 1.38 bits per heavy atom. The van der Waals surface area contributed by atoms with E-state index in [1.807, 2.05) is 0 Å². The fourth-order valence-electron chi connectivity index (χ4n) is 3.71. The van der Waals surface area contributed by atoms with Gasteiger partial charge in [-0.05, 0) is 48.6 Å². The van der Waals surface area contributed by atoms with Crippen LogP contribution < -0.4 is 5.73 Å². The number of fused-ring (bicyclic) bond motifs is 1. The third kappa shape index (κ3) is 3.16. The molecule has 0 aliphatic rings. The second kappa shape index (κ2) is 7.59. The number of para-hydroxylation sites is 1. The maximum Gasteiger partial charge on any atom is 0.0503 e. The van der Waals surface area contributed by atoms with Gasteiger partial charge in [-0.2, -0.15) is 0 Å². The lowest BCUT2D eigenvalue weighted by Gasteiger charge is -2.11. The Kier molecular flexibility index (Phi) is 4.85. The number of aromatic amines is 1. The first kappa shape index (κ1) is 16.6. The maximum absolute atomic E-state index is 5.72. The van der Waals surface area contributed by atoms with Crippen molar-refractivity contribution in [3.05, 3.63) is 84.4 Å². The molecule has 0 radical (unpaired) electrons. The van der Waals surface area contributed by atoms with Crippen LogP contribution in [0.5, 0.6) is 0 Å². The van der Waals surface area contributed by atoms with E-state index in [4.69, 9.17) is 5.73 Å². The molecule has 130 valence electrons. The molecule has 0 aliphatic carbocycles. The Bertz CT molecular complexity index is 999. The van der Waals surface area contributed by atoms with Gasteiger partial charge in [-0.25, -0.2) is 0 Å². The predicted molar refractivity (Wildman–Crippen MR) is 111 cm³/mol. The SMILES string of the molecule is NCCCCc1c(-c2ccccc2-c2ccccc2)[nH]c2ccccc12. The summed E-state index contributed by atoms with van der Waals surface area (Å²) in [6.45, 7) is 0.748. The third-order valence-corrected chi connectivity index (χ3v) is 4.98. The minimum absolute atomic E-state index is 0.748. The average molecular weight is 340 g/mol. The van der Waals surface area contributed by atoms with Gasteiger partial charge in [0.15, 0.2) is 0 Å². The summed E-state index contributed by atoms with van der Waals surface area (Å²) in [6.07, 6.45) is 3.21. The molecule has 0 saturated carbocycles. The Labute approximate surface area is 154 Å². The van der Waals surface area contributed by atoms with E-state index in [-0.39, 0.29) is 0 Å². The van der Waals surface area contributed by atoms with Gasteiger partial charge >= 0.3 is 0 Å². The first-order valence-corrected chi connectivity index (χ1v) is 9.33. The van der Waals surface area contributed by atoms with Crippen molar-refractivity contribution in [2.45, 2.75) is 19.3 Å². The van der Waals surface area contributed by atoms with Crippen LogP contribution in [0.2, 0.25) is 0 Å². The van der Waals surface area contributed by atoms with Crippen molar-refractivity contribution in [3.63, 3.8) is 0 Å². The largest absolute Gasteiger partial charge is 0.354 e. The normalized spacial score (nSPS) is 11.1. The zero-order valence-electron chi connectivity index (χ0n) is 14.9. The average Bonchev–Trinajstić information content (AvgIpc) is 3.07. The molecule has 0 bridgehead atoms. The quantitative estimate of drug-likeness (QED) is 0.429. The summed E-state index contributed by atoms with van der Waals surface area (Å²) < 4.78 is 0. The van der Waals surface area contributed by atoms with Gasteiger partial charge in [0, 0.05) is 16.5 Å². The van der Waals surface area contributed by atoms with Crippen LogP contribution in [0.15, 0.2) is 78.9 Å². The number of H-pyrrole nitrogens is 1. The number of nitrogens with one attached hydrogen (secondary N) is 1. The molecule has 4 aromatic rings. The third-order valence-electron chi connectivity index (χ3n) is 4.98. The van der Waals surface area contributed by atoms with Crippen molar-refractivity contribution < 1.29 is 0 Å². The molecule has 0 spiro atoms. The highest BCUT2D eigenvalue weighted by Crippen LogP contribution is 2.37. The van der Waals surface area contributed by atoms with Crippen molar-refractivity contribution in [3.8, 4) is 22.4 Å². The van der Waals surface area contributed by atoms with E-state index in [1.165, 1.54) is 38.9 Å². The fraction of sp³-hybridized carbons (Fsp3) is 0.167. The van der Waals surface area contributed by atoms with E-state index in [1.54, 1.807) is 0 Å². The minimum atomic E-state index is 0.748. The highest BCUT2D eigenvalue weighted by molar-refractivity contribution is 5.94. The summed E-state index contributed by atoms with van der Waals surface area (Å²) in [5.41, 5.74) is 13.3. The van der Waals surface area contributed by atoms with Gasteiger partial charge in [0.05, 0.1) is 5.69 Å². The van der Waals surface area contributed by atoms with Crippen LogP contribution in [0.1, 0.15) is 18.4 Å². The summed E-state index contributed by atoms with van der Waals surface area (Å²) in [5, 5.41) is 1.32. The number of aryl methyl sites for hydroxylation is 1. The summed E-state index contributed by atoms with van der Waals surface area (Å²) in [6, 6.07) is 27.9. The number of unbranched alkanes of at least 4 members (excludes halogenated alkanes) is 1. The van der Waals surface area contributed by atoms with Crippen molar-refractivity contribution in [1.82, 2.24) is 4.98 Å². The number of hydrogen-bond acceptors (Lipinski definition) is 1. The summed E-state index contributed by atoms with van der Waals surface area (Å²) >= 11 is 0. The number of nitrogens with two attached hydrogens (primary N) is 1. The van der Waals surface area contributed by atoms with E-state index < -0.39 is 0 Å². The molecule has 1 aromatic heterocycles. The number of rotatable bonds is 6. The Morgan fingerprint density at radius 3 is 2.19 bits per heavy atom. The Hall–Kier alpha value is -2.84. The molecular weight excluding hydrogens is 316 g/mol. The van der Waals surface area contributed by atoms with Gasteiger partial charge in [0.25, 0.3) is 0 Å². The van der Waals surface area contributed by atoms with Gasteiger partial charge in [0.1, 0.15) is 0 Å². The molecule has 2 heteroatoms. The summed E-state index contributed by atoms with van der Waals surface area (Å²) in [4.78, 5) is 3.69.